The van der Waals surface area contributed by atoms with Gasteiger partial charge in [0.2, 0.25) is 5.79 Å². The van der Waals surface area contributed by atoms with Gasteiger partial charge in [0.25, 0.3) is 0 Å². The molecule has 6 heteroatoms. The lowest BCUT2D eigenvalue weighted by Gasteiger charge is -2.37. The molecule has 0 saturated carbocycles. The Morgan fingerprint density at radius 1 is 1.44 bits per heavy atom. The number of nitrogens with two attached hydrogens (primary N) is 2. The van der Waals surface area contributed by atoms with Gasteiger partial charge in [-0.25, -0.2) is 9.67 Å². The molecule has 6 nitrogen and oxygen atoms in total. The van der Waals surface area contributed by atoms with E-state index in [2.05, 4.69) is 15.4 Å². The summed E-state index contributed by atoms with van der Waals surface area (Å²) in [7, 11) is 0. The molecule has 1 aliphatic heterocycles. The first-order valence-corrected chi connectivity index (χ1v) is 5.15. The lowest BCUT2D eigenvalue weighted by atomic mass is 10.0. The van der Waals surface area contributed by atoms with Crippen molar-refractivity contribution in [1.29, 1.82) is 0 Å². The molecule has 86 valence electrons. The van der Waals surface area contributed by atoms with Crippen LogP contribution >= 0.6 is 0 Å². The fraction of sp³-hybridized carbons (Fsp3) is 0.400. The zero-order valence-electron chi connectivity index (χ0n) is 9.38. The summed E-state index contributed by atoms with van der Waals surface area (Å²) in [5.74, 6) is 0.322. The third-order valence-corrected chi connectivity index (χ3v) is 2.59. The monoisotopic (exact) mass is 220 g/mol. The van der Waals surface area contributed by atoms with Crippen molar-refractivity contribution in [2.75, 3.05) is 0 Å². The van der Waals surface area contributed by atoms with Gasteiger partial charge < -0.3 is 16.8 Å². The number of amidine groups is 1. The van der Waals surface area contributed by atoms with Gasteiger partial charge in [-0.2, -0.15) is 5.10 Å². The van der Waals surface area contributed by atoms with E-state index in [1.54, 1.807) is 17.0 Å². The molecule has 0 aromatic carbocycles. The Bertz CT molecular complexity index is 430. The molecule has 0 saturated heterocycles. The summed E-state index contributed by atoms with van der Waals surface area (Å²) in [6.45, 7) is 4.06. The predicted octanol–water partition coefficient (Wildman–Crippen LogP) is -0.0901. The van der Waals surface area contributed by atoms with Gasteiger partial charge in [-0.3, -0.25) is 0 Å². The number of rotatable bonds is 2. The highest BCUT2D eigenvalue weighted by atomic mass is 15.5. The van der Waals surface area contributed by atoms with E-state index < -0.39 is 5.79 Å². The molecule has 0 fully saturated rings. The van der Waals surface area contributed by atoms with Crippen LogP contribution in [-0.2, 0) is 5.79 Å². The Hall–Kier alpha value is -1.98. The average molecular weight is 220 g/mol. The molecule has 16 heavy (non-hydrogen) atoms. The van der Waals surface area contributed by atoms with E-state index in [-0.39, 0.29) is 5.92 Å². The SMILES string of the molecule is CC(C)C1(n2cccn2)N=C(N)C=C(N)N1. The van der Waals surface area contributed by atoms with Crippen LogP contribution in [0.2, 0.25) is 0 Å². The van der Waals surface area contributed by atoms with E-state index >= 15 is 0 Å². The molecular formula is C10H16N6. The molecule has 5 N–H and O–H groups in total. The summed E-state index contributed by atoms with van der Waals surface area (Å²) < 4.78 is 1.73. The number of hydrogen-bond donors (Lipinski definition) is 3. The second-order valence-electron chi connectivity index (χ2n) is 4.09. The Kier molecular flexibility index (Phi) is 2.34. The first kappa shape index (κ1) is 10.5. The lowest BCUT2D eigenvalue weighted by molar-refractivity contribution is 0.143. The molecule has 1 aromatic heterocycles. The van der Waals surface area contributed by atoms with Gasteiger partial charge in [0, 0.05) is 24.4 Å². The zero-order valence-corrected chi connectivity index (χ0v) is 9.38. The number of nitrogens with zero attached hydrogens (tertiary/aromatic N) is 3. The smallest absolute Gasteiger partial charge is 0.231 e. The van der Waals surface area contributed by atoms with Crippen molar-refractivity contribution in [3.8, 4) is 0 Å². The molecule has 1 atom stereocenters. The quantitative estimate of drug-likeness (QED) is 0.649. The Labute approximate surface area is 94.0 Å². The van der Waals surface area contributed by atoms with E-state index in [0.29, 0.717) is 11.7 Å². The van der Waals surface area contributed by atoms with Crippen LogP contribution in [0.1, 0.15) is 13.8 Å². The van der Waals surface area contributed by atoms with Gasteiger partial charge in [-0.05, 0) is 6.07 Å². The van der Waals surface area contributed by atoms with E-state index in [4.69, 9.17) is 11.5 Å². The molecular weight excluding hydrogens is 204 g/mol. The minimum absolute atomic E-state index is 0.151. The topological polar surface area (TPSA) is 94.2 Å². The highest BCUT2D eigenvalue weighted by Crippen LogP contribution is 2.26. The Morgan fingerprint density at radius 3 is 2.69 bits per heavy atom. The van der Waals surface area contributed by atoms with Gasteiger partial charge in [0.15, 0.2) is 0 Å². The molecule has 0 amide bonds. The number of aromatic nitrogens is 2. The van der Waals surface area contributed by atoms with E-state index in [0.717, 1.165) is 0 Å². The molecule has 0 aliphatic carbocycles. The van der Waals surface area contributed by atoms with E-state index in [1.807, 2.05) is 26.1 Å². The maximum absolute atomic E-state index is 5.79. The van der Waals surface area contributed by atoms with Gasteiger partial charge in [-0.15, -0.1) is 0 Å². The van der Waals surface area contributed by atoms with Crippen molar-refractivity contribution < 1.29 is 0 Å². The maximum atomic E-state index is 5.79. The Balaban J connectivity index is 2.51. The Morgan fingerprint density at radius 2 is 2.19 bits per heavy atom. The van der Waals surface area contributed by atoms with Crippen LogP contribution in [0.15, 0.2) is 35.3 Å². The third kappa shape index (κ3) is 1.52. The van der Waals surface area contributed by atoms with Crippen LogP contribution in [0, 0.1) is 5.92 Å². The van der Waals surface area contributed by atoms with Gasteiger partial charge in [0.05, 0.1) is 0 Å². The minimum Gasteiger partial charge on any atom is -0.385 e. The van der Waals surface area contributed by atoms with Crippen LogP contribution in [0.3, 0.4) is 0 Å². The first-order valence-electron chi connectivity index (χ1n) is 5.15. The third-order valence-electron chi connectivity index (χ3n) is 2.59. The minimum atomic E-state index is -0.730. The van der Waals surface area contributed by atoms with Crippen molar-refractivity contribution in [1.82, 2.24) is 15.1 Å². The highest BCUT2D eigenvalue weighted by Gasteiger charge is 2.38. The largest absolute Gasteiger partial charge is 0.385 e. The fourth-order valence-corrected chi connectivity index (χ4v) is 1.78. The average Bonchev–Trinajstić information content (AvgIpc) is 2.68. The molecule has 0 spiro atoms. The molecule has 2 rings (SSSR count). The van der Waals surface area contributed by atoms with Crippen molar-refractivity contribution in [3.05, 3.63) is 30.4 Å². The van der Waals surface area contributed by atoms with Gasteiger partial charge >= 0.3 is 0 Å². The van der Waals surface area contributed by atoms with Crippen molar-refractivity contribution in [2.24, 2.45) is 22.4 Å². The molecule has 1 aliphatic rings. The first-order chi connectivity index (χ1) is 7.54. The summed E-state index contributed by atoms with van der Waals surface area (Å²) in [6, 6.07) is 1.84. The van der Waals surface area contributed by atoms with E-state index in [9.17, 15) is 0 Å². The summed E-state index contributed by atoms with van der Waals surface area (Å²) >= 11 is 0. The van der Waals surface area contributed by atoms with Crippen LogP contribution < -0.4 is 16.8 Å². The molecule has 0 bridgehead atoms. The number of aliphatic imine (C=N–C) groups is 1. The predicted molar refractivity (Wildman–Crippen MR) is 62.1 cm³/mol. The van der Waals surface area contributed by atoms with Crippen LogP contribution in [0.5, 0.6) is 0 Å². The maximum Gasteiger partial charge on any atom is 0.231 e. The second-order valence-corrected chi connectivity index (χ2v) is 4.09. The summed E-state index contributed by atoms with van der Waals surface area (Å²) in [6.07, 6.45) is 5.14. The molecule has 1 aromatic rings. The summed E-state index contributed by atoms with van der Waals surface area (Å²) in [4.78, 5) is 4.43. The lowest BCUT2D eigenvalue weighted by Crippen LogP contribution is -2.54. The van der Waals surface area contributed by atoms with Crippen LogP contribution in [0.4, 0.5) is 0 Å². The van der Waals surface area contributed by atoms with Gasteiger partial charge in [0.1, 0.15) is 11.7 Å². The fourth-order valence-electron chi connectivity index (χ4n) is 1.78. The van der Waals surface area contributed by atoms with E-state index in [1.165, 1.54) is 0 Å². The molecule has 1 unspecified atom stereocenters. The zero-order chi connectivity index (χ0) is 11.8. The second kappa shape index (κ2) is 3.55. The standard InChI is InChI=1S/C10H16N6/c1-7(2)10(16-5-3-4-13-16)14-8(11)6-9(12)15-10/h3-7,14H,11H2,1-2H3,(H2,12,15). The summed E-state index contributed by atoms with van der Waals surface area (Å²) in [5, 5.41) is 7.34. The summed E-state index contributed by atoms with van der Waals surface area (Å²) in [5.41, 5.74) is 11.5. The number of nitrogens with one attached hydrogen (secondary N) is 1. The highest BCUT2D eigenvalue weighted by molar-refractivity contribution is 5.92. The van der Waals surface area contributed by atoms with Crippen molar-refractivity contribution in [3.63, 3.8) is 0 Å². The van der Waals surface area contributed by atoms with Gasteiger partial charge in [-0.1, -0.05) is 13.8 Å². The van der Waals surface area contributed by atoms with Crippen molar-refractivity contribution in [2.45, 2.75) is 19.6 Å². The number of hydrogen-bond acceptors (Lipinski definition) is 5. The molecule has 0 radical (unpaired) electrons. The normalized spacial score (nSPS) is 24.9. The van der Waals surface area contributed by atoms with Crippen LogP contribution in [-0.4, -0.2) is 15.6 Å². The van der Waals surface area contributed by atoms with Crippen molar-refractivity contribution >= 4 is 5.84 Å². The van der Waals surface area contributed by atoms with Crippen LogP contribution in [0.25, 0.3) is 0 Å². The molecule has 2 heterocycles.